The van der Waals surface area contributed by atoms with Gasteiger partial charge >= 0.3 is 6.03 Å². The quantitative estimate of drug-likeness (QED) is 0.426. The molecular weight excluding hydrogens is 430 g/mol. The molecule has 8 heteroatoms. The van der Waals surface area contributed by atoms with Crippen molar-refractivity contribution in [3.05, 3.63) is 60.2 Å². The third-order valence-corrected chi connectivity index (χ3v) is 5.97. The number of ether oxygens (including phenoxy) is 1. The summed E-state index contributed by atoms with van der Waals surface area (Å²) in [7, 11) is 0. The van der Waals surface area contributed by atoms with E-state index in [0.717, 1.165) is 42.5 Å². The van der Waals surface area contributed by atoms with Crippen molar-refractivity contribution in [1.82, 2.24) is 20.2 Å². The van der Waals surface area contributed by atoms with Crippen LogP contribution in [-0.2, 0) is 22.5 Å². The molecule has 34 heavy (non-hydrogen) atoms. The number of unbranched alkanes of at least 4 members (excludes halogenated alkanes) is 1. The Kier molecular flexibility index (Phi) is 8.14. The van der Waals surface area contributed by atoms with Crippen molar-refractivity contribution < 1.29 is 14.3 Å². The fraction of sp³-hybridized carbons (Fsp3) is 0.423. The lowest BCUT2D eigenvalue weighted by molar-refractivity contribution is -0.122. The number of anilines is 1. The van der Waals surface area contributed by atoms with Crippen LogP contribution in [0, 0.1) is 0 Å². The van der Waals surface area contributed by atoms with Gasteiger partial charge in [0.05, 0.1) is 11.0 Å². The maximum atomic E-state index is 13.2. The number of aromatic nitrogens is 2. The molecule has 4 rings (SSSR count). The van der Waals surface area contributed by atoms with Gasteiger partial charge in [0.25, 0.3) is 0 Å². The van der Waals surface area contributed by atoms with Crippen molar-refractivity contribution >= 4 is 28.9 Å². The molecule has 1 aliphatic rings. The van der Waals surface area contributed by atoms with Gasteiger partial charge in [-0.3, -0.25) is 9.69 Å². The molecule has 0 saturated carbocycles. The average molecular weight is 464 g/mol. The van der Waals surface area contributed by atoms with E-state index in [0.29, 0.717) is 38.6 Å². The van der Waals surface area contributed by atoms with Crippen LogP contribution in [0.15, 0.2) is 54.6 Å². The van der Waals surface area contributed by atoms with Crippen LogP contribution < -0.4 is 15.5 Å². The van der Waals surface area contributed by atoms with Gasteiger partial charge in [-0.15, -0.1) is 0 Å². The van der Waals surface area contributed by atoms with Crippen LogP contribution >= 0.6 is 0 Å². The lowest BCUT2D eigenvalue weighted by Gasteiger charge is -2.22. The Bertz CT molecular complexity index is 1100. The van der Waals surface area contributed by atoms with Gasteiger partial charge < -0.3 is 19.9 Å². The zero-order valence-corrected chi connectivity index (χ0v) is 19.7. The number of nitrogens with zero attached hydrogens (tertiary/aromatic N) is 3. The molecule has 1 atom stereocenters. The van der Waals surface area contributed by atoms with Crippen LogP contribution in [0.1, 0.15) is 31.7 Å². The van der Waals surface area contributed by atoms with Crippen molar-refractivity contribution in [3.8, 4) is 0 Å². The molecule has 2 N–H and O–H groups in total. The molecule has 0 fully saturated rings. The van der Waals surface area contributed by atoms with E-state index in [4.69, 9.17) is 4.74 Å². The molecule has 0 bridgehead atoms. The summed E-state index contributed by atoms with van der Waals surface area (Å²) in [5, 5.41) is 5.91. The average Bonchev–Trinajstić information content (AvgIpc) is 3.43. The maximum Gasteiger partial charge on any atom is 0.324 e. The lowest BCUT2D eigenvalue weighted by atomic mass is 10.1. The topological polar surface area (TPSA) is 88.5 Å². The van der Waals surface area contributed by atoms with Crippen LogP contribution in [-0.4, -0.2) is 53.8 Å². The lowest BCUT2D eigenvalue weighted by Crippen LogP contribution is -2.52. The molecule has 1 aliphatic heterocycles. The number of carbonyl (C=O) groups excluding carboxylic acids is 2. The summed E-state index contributed by atoms with van der Waals surface area (Å²) < 4.78 is 7.61. The second kappa shape index (κ2) is 11.7. The Hall–Kier alpha value is -3.39. The standard InChI is InChI=1S/C26H33N5O3/c1-2-3-17-34-18-9-14-27-24(32)22(19-20-10-5-4-6-11-20)29-26(33)31-16-15-30-23-13-8-7-12-21(23)28-25(30)31/h4-8,10-13,22H,2-3,9,14-19H2,1H3,(H,27,32)(H,29,33)/t22-/m0/s1. The molecule has 1 aromatic heterocycles. The molecule has 0 saturated heterocycles. The predicted octanol–water partition coefficient (Wildman–Crippen LogP) is 3.50. The van der Waals surface area contributed by atoms with Crippen molar-refractivity contribution in [2.75, 3.05) is 31.2 Å². The molecule has 0 radical (unpaired) electrons. The molecule has 0 spiro atoms. The van der Waals surface area contributed by atoms with E-state index in [1.54, 1.807) is 4.90 Å². The van der Waals surface area contributed by atoms with E-state index in [-0.39, 0.29) is 11.9 Å². The van der Waals surface area contributed by atoms with Crippen LogP contribution in [0.25, 0.3) is 11.0 Å². The Morgan fingerprint density at radius 3 is 2.62 bits per heavy atom. The first-order valence-electron chi connectivity index (χ1n) is 12.1. The third kappa shape index (κ3) is 5.75. The van der Waals surface area contributed by atoms with Gasteiger partial charge in [-0.25, -0.2) is 9.78 Å². The number of para-hydroxylation sites is 2. The van der Waals surface area contributed by atoms with Gasteiger partial charge in [-0.2, -0.15) is 0 Å². The Balaban J connectivity index is 1.39. The van der Waals surface area contributed by atoms with Gasteiger partial charge in [-0.1, -0.05) is 55.8 Å². The number of urea groups is 1. The number of benzene rings is 2. The van der Waals surface area contributed by atoms with Gasteiger partial charge in [0, 0.05) is 39.3 Å². The van der Waals surface area contributed by atoms with E-state index >= 15 is 0 Å². The smallest absolute Gasteiger partial charge is 0.324 e. The first kappa shape index (κ1) is 23.8. The molecule has 0 aliphatic carbocycles. The second-order valence-corrected chi connectivity index (χ2v) is 8.51. The Morgan fingerprint density at radius 2 is 1.79 bits per heavy atom. The maximum absolute atomic E-state index is 13.2. The number of nitrogens with one attached hydrogen (secondary N) is 2. The molecule has 2 heterocycles. The minimum Gasteiger partial charge on any atom is -0.381 e. The zero-order chi connectivity index (χ0) is 23.8. The number of imidazole rings is 1. The highest BCUT2D eigenvalue weighted by Gasteiger charge is 2.31. The Morgan fingerprint density at radius 1 is 1.03 bits per heavy atom. The minimum absolute atomic E-state index is 0.196. The molecule has 3 aromatic rings. The molecule has 3 amide bonds. The molecule has 8 nitrogen and oxygen atoms in total. The highest BCUT2D eigenvalue weighted by molar-refractivity contribution is 5.96. The van der Waals surface area contributed by atoms with E-state index in [9.17, 15) is 9.59 Å². The summed E-state index contributed by atoms with van der Waals surface area (Å²) in [6, 6.07) is 16.6. The largest absolute Gasteiger partial charge is 0.381 e. The number of hydrogen-bond donors (Lipinski definition) is 2. The number of carbonyl (C=O) groups is 2. The van der Waals surface area contributed by atoms with E-state index in [1.807, 2.05) is 59.2 Å². The number of rotatable bonds is 11. The van der Waals surface area contributed by atoms with E-state index in [2.05, 4.69) is 22.5 Å². The van der Waals surface area contributed by atoms with Gasteiger partial charge in [0.1, 0.15) is 6.04 Å². The van der Waals surface area contributed by atoms with Crippen molar-refractivity contribution in [2.45, 2.75) is 45.2 Å². The van der Waals surface area contributed by atoms with E-state index in [1.165, 1.54) is 0 Å². The Labute approximate surface area is 200 Å². The minimum atomic E-state index is -0.686. The first-order valence-corrected chi connectivity index (χ1v) is 12.1. The van der Waals surface area contributed by atoms with Crippen molar-refractivity contribution in [3.63, 3.8) is 0 Å². The summed E-state index contributed by atoms with van der Waals surface area (Å²) in [5.74, 6) is 0.417. The van der Waals surface area contributed by atoms with Gasteiger partial charge in [0.15, 0.2) is 0 Å². The summed E-state index contributed by atoms with van der Waals surface area (Å²) >= 11 is 0. The molecular formula is C26H33N5O3. The van der Waals surface area contributed by atoms with Crippen LogP contribution in [0.4, 0.5) is 10.7 Å². The first-order chi connectivity index (χ1) is 16.7. The summed E-state index contributed by atoms with van der Waals surface area (Å²) in [6.45, 7) is 5.19. The molecule has 180 valence electrons. The second-order valence-electron chi connectivity index (χ2n) is 8.51. The molecule has 0 unspecified atom stereocenters. The number of hydrogen-bond acceptors (Lipinski definition) is 4. The summed E-state index contributed by atoms with van der Waals surface area (Å²) in [4.78, 5) is 32.5. The summed E-state index contributed by atoms with van der Waals surface area (Å²) in [6.07, 6.45) is 3.29. The van der Waals surface area contributed by atoms with Crippen LogP contribution in [0.5, 0.6) is 0 Å². The fourth-order valence-corrected chi connectivity index (χ4v) is 4.13. The zero-order valence-electron chi connectivity index (χ0n) is 19.7. The highest BCUT2D eigenvalue weighted by atomic mass is 16.5. The third-order valence-electron chi connectivity index (χ3n) is 5.97. The van der Waals surface area contributed by atoms with Crippen LogP contribution in [0.2, 0.25) is 0 Å². The normalized spacial score (nSPS) is 13.6. The van der Waals surface area contributed by atoms with Crippen molar-refractivity contribution in [2.24, 2.45) is 0 Å². The monoisotopic (exact) mass is 463 g/mol. The predicted molar refractivity (Wildman–Crippen MR) is 133 cm³/mol. The highest BCUT2D eigenvalue weighted by Crippen LogP contribution is 2.27. The van der Waals surface area contributed by atoms with Crippen molar-refractivity contribution in [1.29, 1.82) is 0 Å². The number of amides is 3. The van der Waals surface area contributed by atoms with Gasteiger partial charge in [0.2, 0.25) is 11.9 Å². The van der Waals surface area contributed by atoms with E-state index < -0.39 is 6.04 Å². The van der Waals surface area contributed by atoms with Crippen LogP contribution in [0.3, 0.4) is 0 Å². The fourth-order valence-electron chi connectivity index (χ4n) is 4.13. The molecule has 2 aromatic carbocycles. The van der Waals surface area contributed by atoms with Gasteiger partial charge in [-0.05, 0) is 30.5 Å². The number of fused-ring (bicyclic) bond motifs is 3. The summed E-state index contributed by atoms with van der Waals surface area (Å²) in [5.41, 5.74) is 2.85. The SMILES string of the molecule is CCCCOCCCNC(=O)[C@H](Cc1ccccc1)NC(=O)N1CCn2c1nc1ccccc12.